The first kappa shape index (κ1) is 14.1. The molecule has 0 saturated carbocycles. The molecule has 1 saturated heterocycles. The van der Waals surface area contributed by atoms with Gasteiger partial charge in [-0.05, 0) is 12.3 Å². The number of piperidine rings is 1. The van der Waals surface area contributed by atoms with Gasteiger partial charge < -0.3 is 10.0 Å². The number of carboxylic acid groups (broad SMARTS) is 1. The number of hydrogen-bond acceptors (Lipinski definition) is 4. The Bertz CT molecular complexity index is 626. The Labute approximate surface area is 128 Å². The van der Waals surface area contributed by atoms with Crippen LogP contribution in [0.3, 0.4) is 0 Å². The van der Waals surface area contributed by atoms with Crippen molar-refractivity contribution in [3.05, 3.63) is 35.7 Å². The number of aliphatic carboxylic acids is 1. The maximum absolute atomic E-state index is 11.3. The van der Waals surface area contributed by atoms with Crippen LogP contribution in [0.1, 0.15) is 13.3 Å². The van der Waals surface area contributed by atoms with E-state index in [0.29, 0.717) is 12.5 Å². The normalized spacial score (nSPS) is 22.2. The second-order valence-electron chi connectivity index (χ2n) is 5.66. The SMILES string of the molecule is CC1CC(C(=O)O)CN(c2nc(-c3ccccc3)cs2)C1. The van der Waals surface area contributed by atoms with E-state index in [2.05, 4.69) is 16.8 Å². The third-order valence-corrected chi connectivity index (χ3v) is 4.74. The zero-order valence-electron chi connectivity index (χ0n) is 11.9. The van der Waals surface area contributed by atoms with Crippen molar-refractivity contribution < 1.29 is 9.90 Å². The first-order valence-electron chi connectivity index (χ1n) is 7.12. The molecule has 21 heavy (non-hydrogen) atoms. The van der Waals surface area contributed by atoms with Crippen molar-refractivity contribution in [2.24, 2.45) is 11.8 Å². The molecule has 0 aliphatic carbocycles. The van der Waals surface area contributed by atoms with E-state index in [1.807, 2.05) is 35.7 Å². The average Bonchev–Trinajstić information content (AvgIpc) is 2.97. The van der Waals surface area contributed by atoms with Gasteiger partial charge in [-0.2, -0.15) is 0 Å². The molecule has 2 unspecified atom stereocenters. The van der Waals surface area contributed by atoms with Gasteiger partial charge in [0.1, 0.15) is 0 Å². The monoisotopic (exact) mass is 302 g/mol. The van der Waals surface area contributed by atoms with Crippen LogP contribution >= 0.6 is 11.3 Å². The molecule has 2 aromatic rings. The molecular weight excluding hydrogens is 284 g/mol. The van der Waals surface area contributed by atoms with Crippen LogP contribution in [-0.4, -0.2) is 29.1 Å². The second-order valence-corrected chi connectivity index (χ2v) is 6.50. The van der Waals surface area contributed by atoms with E-state index in [-0.39, 0.29) is 5.92 Å². The van der Waals surface area contributed by atoms with Crippen molar-refractivity contribution in [3.8, 4) is 11.3 Å². The summed E-state index contributed by atoms with van der Waals surface area (Å²) in [5.41, 5.74) is 2.06. The van der Waals surface area contributed by atoms with Crippen molar-refractivity contribution >= 4 is 22.4 Å². The van der Waals surface area contributed by atoms with Gasteiger partial charge in [0.15, 0.2) is 5.13 Å². The summed E-state index contributed by atoms with van der Waals surface area (Å²) < 4.78 is 0. The van der Waals surface area contributed by atoms with Gasteiger partial charge in [0.25, 0.3) is 0 Å². The van der Waals surface area contributed by atoms with Gasteiger partial charge in [-0.3, -0.25) is 4.79 Å². The summed E-state index contributed by atoms with van der Waals surface area (Å²) in [5.74, 6) is -0.617. The number of carbonyl (C=O) groups is 1. The number of aromatic nitrogens is 1. The van der Waals surface area contributed by atoms with Gasteiger partial charge in [-0.25, -0.2) is 4.98 Å². The lowest BCUT2D eigenvalue weighted by Gasteiger charge is -2.34. The van der Waals surface area contributed by atoms with E-state index in [0.717, 1.165) is 29.4 Å². The van der Waals surface area contributed by atoms with Gasteiger partial charge in [0, 0.05) is 24.0 Å². The zero-order valence-corrected chi connectivity index (χ0v) is 12.7. The molecule has 2 atom stereocenters. The summed E-state index contributed by atoms with van der Waals surface area (Å²) in [6.07, 6.45) is 0.753. The van der Waals surface area contributed by atoms with Crippen LogP contribution < -0.4 is 4.90 Å². The fraction of sp³-hybridized carbons (Fsp3) is 0.375. The summed E-state index contributed by atoms with van der Waals surface area (Å²) in [6, 6.07) is 10.1. The predicted molar refractivity (Wildman–Crippen MR) is 84.7 cm³/mol. The first-order valence-corrected chi connectivity index (χ1v) is 8.00. The van der Waals surface area contributed by atoms with Crippen LogP contribution in [0, 0.1) is 11.8 Å². The molecule has 1 aromatic carbocycles. The number of benzene rings is 1. The molecule has 0 radical (unpaired) electrons. The standard InChI is InChI=1S/C16H18N2O2S/c1-11-7-13(15(19)20)9-18(8-11)16-17-14(10-21-16)12-5-3-2-4-6-12/h2-6,10-11,13H,7-9H2,1H3,(H,19,20). The minimum absolute atomic E-state index is 0.294. The van der Waals surface area contributed by atoms with Crippen molar-refractivity contribution in [3.63, 3.8) is 0 Å². The third-order valence-electron chi connectivity index (χ3n) is 3.84. The molecule has 0 spiro atoms. The third kappa shape index (κ3) is 3.08. The van der Waals surface area contributed by atoms with Gasteiger partial charge >= 0.3 is 5.97 Å². The summed E-state index contributed by atoms with van der Waals surface area (Å²) in [7, 11) is 0. The number of anilines is 1. The summed E-state index contributed by atoms with van der Waals surface area (Å²) in [6.45, 7) is 3.54. The van der Waals surface area contributed by atoms with Crippen molar-refractivity contribution in [1.29, 1.82) is 0 Å². The number of nitrogens with zero attached hydrogens (tertiary/aromatic N) is 2. The van der Waals surface area contributed by atoms with Gasteiger partial charge in [0.2, 0.25) is 0 Å². The lowest BCUT2D eigenvalue weighted by atomic mass is 9.91. The fourth-order valence-electron chi connectivity index (χ4n) is 2.84. The van der Waals surface area contributed by atoms with E-state index < -0.39 is 5.97 Å². The molecule has 3 rings (SSSR count). The number of thiazole rings is 1. The Morgan fingerprint density at radius 2 is 2.10 bits per heavy atom. The summed E-state index contributed by atoms with van der Waals surface area (Å²) in [5, 5.41) is 12.2. The topological polar surface area (TPSA) is 53.4 Å². The van der Waals surface area contributed by atoms with Crippen molar-refractivity contribution in [2.45, 2.75) is 13.3 Å². The Balaban J connectivity index is 1.81. The lowest BCUT2D eigenvalue weighted by molar-refractivity contribution is -0.142. The first-order chi connectivity index (χ1) is 10.1. The largest absolute Gasteiger partial charge is 0.481 e. The van der Waals surface area contributed by atoms with Gasteiger partial charge in [-0.15, -0.1) is 11.3 Å². The van der Waals surface area contributed by atoms with Gasteiger partial charge in [0.05, 0.1) is 11.6 Å². The van der Waals surface area contributed by atoms with Gasteiger partial charge in [-0.1, -0.05) is 37.3 Å². The van der Waals surface area contributed by atoms with E-state index in [9.17, 15) is 9.90 Å². The minimum Gasteiger partial charge on any atom is -0.481 e. The van der Waals surface area contributed by atoms with E-state index >= 15 is 0 Å². The quantitative estimate of drug-likeness (QED) is 0.944. The summed E-state index contributed by atoms with van der Waals surface area (Å²) in [4.78, 5) is 18.1. The molecule has 1 N–H and O–H groups in total. The average molecular weight is 302 g/mol. The maximum atomic E-state index is 11.3. The molecule has 110 valence electrons. The highest BCUT2D eigenvalue weighted by Gasteiger charge is 2.30. The lowest BCUT2D eigenvalue weighted by Crippen LogP contribution is -2.42. The predicted octanol–water partition coefficient (Wildman–Crippen LogP) is 3.36. The Morgan fingerprint density at radius 1 is 1.33 bits per heavy atom. The highest BCUT2D eigenvalue weighted by Crippen LogP contribution is 2.31. The second kappa shape index (κ2) is 5.85. The highest BCUT2D eigenvalue weighted by molar-refractivity contribution is 7.14. The maximum Gasteiger partial charge on any atom is 0.308 e. The van der Waals surface area contributed by atoms with E-state index in [1.54, 1.807) is 11.3 Å². The highest BCUT2D eigenvalue weighted by atomic mass is 32.1. The molecule has 1 fully saturated rings. The Kier molecular flexibility index (Phi) is 3.92. The Morgan fingerprint density at radius 3 is 2.81 bits per heavy atom. The molecule has 0 bridgehead atoms. The minimum atomic E-state index is -0.702. The molecule has 1 aromatic heterocycles. The van der Waals surface area contributed by atoms with Crippen LogP contribution in [0.4, 0.5) is 5.13 Å². The Hall–Kier alpha value is -1.88. The van der Waals surface area contributed by atoms with E-state index in [1.165, 1.54) is 0 Å². The smallest absolute Gasteiger partial charge is 0.308 e. The molecule has 4 nitrogen and oxygen atoms in total. The molecule has 0 amide bonds. The van der Waals surface area contributed by atoms with Crippen LogP contribution in [0.5, 0.6) is 0 Å². The van der Waals surface area contributed by atoms with Crippen LogP contribution in [0.25, 0.3) is 11.3 Å². The van der Waals surface area contributed by atoms with Crippen LogP contribution in [0.15, 0.2) is 35.7 Å². The molecule has 1 aliphatic rings. The fourth-order valence-corrected chi connectivity index (χ4v) is 3.69. The van der Waals surface area contributed by atoms with Crippen LogP contribution in [0.2, 0.25) is 0 Å². The van der Waals surface area contributed by atoms with Crippen LogP contribution in [-0.2, 0) is 4.79 Å². The van der Waals surface area contributed by atoms with Crippen molar-refractivity contribution in [1.82, 2.24) is 4.98 Å². The number of rotatable bonds is 3. The van der Waals surface area contributed by atoms with Crippen molar-refractivity contribution in [2.75, 3.05) is 18.0 Å². The summed E-state index contributed by atoms with van der Waals surface area (Å²) >= 11 is 1.59. The zero-order chi connectivity index (χ0) is 14.8. The number of carboxylic acids is 1. The molecule has 5 heteroatoms. The number of hydrogen-bond donors (Lipinski definition) is 1. The van der Waals surface area contributed by atoms with E-state index in [4.69, 9.17) is 0 Å². The molecular formula is C16H18N2O2S. The molecule has 2 heterocycles. The molecule has 1 aliphatic heterocycles.